The van der Waals surface area contributed by atoms with E-state index in [0.29, 0.717) is 5.82 Å². The van der Waals surface area contributed by atoms with Crippen LogP contribution in [0.5, 0.6) is 0 Å². The van der Waals surface area contributed by atoms with Gasteiger partial charge in [0.2, 0.25) is 0 Å². The number of rotatable bonds is 2. The van der Waals surface area contributed by atoms with Crippen LogP contribution in [0.15, 0.2) is 18.2 Å². The predicted octanol–water partition coefficient (Wildman–Crippen LogP) is 1.65. The van der Waals surface area contributed by atoms with Gasteiger partial charge in [0.15, 0.2) is 0 Å². The third-order valence-corrected chi connectivity index (χ3v) is 3.72. The molecule has 2 aliphatic rings. The second-order valence-corrected chi connectivity index (χ2v) is 4.82. The second kappa shape index (κ2) is 3.49. The normalized spacial score (nSPS) is 29.9. The Balaban J connectivity index is 1.71. The molecule has 80 valence electrons. The van der Waals surface area contributed by atoms with E-state index in [1.807, 2.05) is 12.1 Å². The predicted molar refractivity (Wildman–Crippen MR) is 60.2 cm³/mol. The molecule has 0 amide bonds. The van der Waals surface area contributed by atoms with Crippen molar-refractivity contribution in [3.05, 3.63) is 23.9 Å². The van der Waals surface area contributed by atoms with E-state index in [2.05, 4.69) is 16.0 Å². The van der Waals surface area contributed by atoms with Crippen LogP contribution in [-0.2, 0) is 6.54 Å². The summed E-state index contributed by atoms with van der Waals surface area (Å²) >= 11 is 0. The van der Waals surface area contributed by atoms with Gasteiger partial charge in [-0.25, -0.2) is 4.98 Å². The maximum absolute atomic E-state index is 5.68. The summed E-state index contributed by atoms with van der Waals surface area (Å²) in [6.45, 7) is 2.24. The molecule has 15 heavy (non-hydrogen) atoms. The summed E-state index contributed by atoms with van der Waals surface area (Å²) in [7, 11) is 0. The second-order valence-electron chi connectivity index (χ2n) is 4.82. The number of pyridine rings is 1. The minimum atomic E-state index is 0.636. The quantitative estimate of drug-likeness (QED) is 0.794. The lowest BCUT2D eigenvalue weighted by atomic mass is 10.1. The number of nitrogen functional groups attached to an aromatic ring is 1. The van der Waals surface area contributed by atoms with Gasteiger partial charge in [-0.1, -0.05) is 6.07 Å². The highest BCUT2D eigenvalue weighted by Gasteiger charge is 2.37. The van der Waals surface area contributed by atoms with Crippen LogP contribution < -0.4 is 5.73 Å². The minimum Gasteiger partial charge on any atom is -0.384 e. The third-order valence-electron chi connectivity index (χ3n) is 3.72. The van der Waals surface area contributed by atoms with Crippen LogP contribution in [0.1, 0.15) is 25.0 Å². The van der Waals surface area contributed by atoms with Crippen LogP contribution >= 0.6 is 0 Å². The fourth-order valence-corrected chi connectivity index (χ4v) is 3.01. The molecule has 1 saturated carbocycles. The zero-order valence-corrected chi connectivity index (χ0v) is 8.89. The highest BCUT2D eigenvalue weighted by Crippen LogP contribution is 2.37. The van der Waals surface area contributed by atoms with Gasteiger partial charge in [-0.05, 0) is 37.3 Å². The summed E-state index contributed by atoms with van der Waals surface area (Å²) in [5.74, 6) is 1.59. The molecule has 3 rings (SSSR count). The Morgan fingerprint density at radius 2 is 2.33 bits per heavy atom. The van der Waals surface area contributed by atoms with Gasteiger partial charge in [0.1, 0.15) is 5.82 Å². The molecule has 0 radical (unpaired) electrons. The number of hydrogen-bond donors (Lipinski definition) is 1. The summed E-state index contributed by atoms with van der Waals surface area (Å²) in [6.07, 6.45) is 4.22. The Hall–Kier alpha value is -1.09. The monoisotopic (exact) mass is 203 g/mol. The molecule has 1 aliphatic carbocycles. The Bertz CT molecular complexity index is 364. The summed E-state index contributed by atoms with van der Waals surface area (Å²) in [4.78, 5) is 6.92. The first-order valence-corrected chi connectivity index (χ1v) is 5.77. The van der Waals surface area contributed by atoms with E-state index >= 15 is 0 Å². The Morgan fingerprint density at radius 1 is 1.40 bits per heavy atom. The van der Waals surface area contributed by atoms with E-state index < -0.39 is 0 Å². The molecule has 2 N–H and O–H groups in total. The molecule has 2 fully saturated rings. The van der Waals surface area contributed by atoms with Crippen LogP contribution in [0, 0.1) is 5.92 Å². The maximum Gasteiger partial charge on any atom is 0.123 e. The Morgan fingerprint density at radius 3 is 3.00 bits per heavy atom. The van der Waals surface area contributed by atoms with Crippen molar-refractivity contribution < 1.29 is 0 Å². The topological polar surface area (TPSA) is 42.1 Å². The zero-order chi connectivity index (χ0) is 10.3. The van der Waals surface area contributed by atoms with Crippen LogP contribution in [-0.4, -0.2) is 22.5 Å². The fourth-order valence-electron chi connectivity index (χ4n) is 3.01. The standard InChI is InChI=1S/C12H17N3/c13-12-3-1-2-10(14-12)8-15-7-9-4-5-11(15)6-9/h1-3,9,11H,4-8H2,(H2,13,14)/t9-,11-/m0/s1. The Labute approximate surface area is 90.3 Å². The number of aromatic nitrogens is 1. The van der Waals surface area contributed by atoms with E-state index in [1.54, 1.807) is 0 Å². The summed E-state index contributed by atoms with van der Waals surface area (Å²) in [6, 6.07) is 6.73. The SMILES string of the molecule is Nc1cccc(CN2C[C@H]3CC[C@H]2C3)n1. The molecule has 0 spiro atoms. The summed E-state index contributed by atoms with van der Waals surface area (Å²) < 4.78 is 0. The van der Waals surface area contributed by atoms with Gasteiger partial charge in [-0.15, -0.1) is 0 Å². The van der Waals surface area contributed by atoms with Gasteiger partial charge >= 0.3 is 0 Å². The zero-order valence-electron chi connectivity index (χ0n) is 8.89. The first kappa shape index (κ1) is 9.16. The lowest BCUT2D eigenvalue weighted by Crippen LogP contribution is -2.31. The van der Waals surface area contributed by atoms with Crippen molar-refractivity contribution >= 4 is 5.82 Å². The number of anilines is 1. The highest BCUT2D eigenvalue weighted by atomic mass is 15.2. The fraction of sp³-hybridized carbons (Fsp3) is 0.583. The smallest absolute Gasteiger partial charge is 0.123 e. The minimum absolute atomic E-state index is 0.636. The molecule has 3 heteroatoms. The van der Waals surface area contributed by atoms with Crippen molar-refractivity contribution in [1.82, 2.24) is 9.88 Å². The molecule has 1 aromatic heterocycles. The van der Waals surface area contributed by atoms with Crippen molar-refractivity contribution in [2.45, 2.75) is 31.8 Å². The molecule has 1 aliphatic heterocycles. The molecule has 1 aromatic rings. The molecule has 2 bridgehead atoms. The van der Waals surface area contributed by atoms with E-state index in [9.17, 15) is 0 Å². The van der Waals surface area contributed by atoms with Crippen molar-refractivity contribution in [3.8, 4) is 0 Å². The first-order chi connectivity index (χ1) is 7.31. The lowest BCUT2D eigenvalue weighted by Gasteiger charge is -2.26. The summed E-state index contributed by atoms with van der Waals surface area (Å²) in [5, 5.41) is 0. The van der Waals surface area contributed by atoms with Crippen molar-refractivity contribution in [3.63, 3.8) is 0 Å². The third kappa shape index (κ3) is 1.72. The van der Waals surface area contributed by atoms with Crippen molar-refractivity contribution in [2.24, 2.45) is 5.92 Å². The maximum atomic E-state index is 5.68. The molecular weight excluding hydrogens is 186 g/mol. The van der Waals surface area contributed by atoms with Crippen LogP contribution in [0.25, 0.3) is 0 Å². The van der Waals surface area contributed by atoms with Crippen LogP contribution in [0.3, 0.4) is 0 Å². The number of piperidine rings is 1. The Kier molecular flexibility index (Phi) is 2.13. The largest absolute Gasteiger partial charge is 0.384 e. The lowest BCUT2D eigenvalue weighted by molar-refractivity contribution is 0.203. The molecule has 3 nitrogen and oxygen atoms in total. The summed E-state index contributed by atoms with van der Waals surface area (Å²) in [5.41, 5.74) is 6.79. The average Bonchev–Trinajstić information content (AvgIpc) is 2.79. The van der Waals surface area contributed by atoms with E-state index in [4.69, 9.17) is 5.73 Å². The van der Waals surface area contributed by atoms with Crippen molar-refractivity contribution in [1.29, 1.82) is 0 Å². The molecular formula is C12H17N3. The van der Waals surface area contributed by atoms with Gasteiger partial charge < -0.3 is 5.73 Å². The molecule has 0 unspecified atom stereocenters. The molecule has 2 atom stereocenters. The van der Waals surface area contributed by atoms with Crippen molar-refractivity contribution in [2.75, 3.05) is 12.3 Å². The number of fused-ring (bicyclic) bond motifs is 2. The van der Waals surface area contributed by atoms with E-state index in [-0.39, 0.29) is 0 Å². The van der Waals surface area contributed by atoms with Gasteiger partial charge in [0, 0.05) is 19.1 Å². The average molecular weight is 203 g/mol. The van der Waals surface area contributed by atoms with Gasteiger partial charge in [-0.2, -0.15) is 0 Å². The van der Waals surface area contributed by atoms with Gasteiger partial charge in [0.05, 0.1) is 5.69 Å². The molecule has 0 aromatic carbocycles. The molecule has 1 saturated heterocycles. The number of hydrogen-bond acceptors (Lipinski definition) is 3. The van der Waals surface area contributed by atoms with E-state index in [1.165, 1.54) is 25.8 Å². The van der Waals surface area contributed by atoms with E-state index in [0.717, 1.165) is 24.2 Å². The molecule has 2 heterocycles. The highest BCUT2D eigenvalue weighted by molar-refractivity contribution is 5.28. The number of nitrogens with two attached hydrogens (primary N) is 1. The van der Waals surface area contributed by atoms with Crippen LogP contribution in [0.4, 0.5) is 5.82 Å². The number of likely N-dealkylation sites (tertiary alicyclic amines) is 1. The van der Waals surface area contributed by atoms with Gasteiger partial charge in [0.25, 0.3) is 0 Å². The number of nitrogens with zero attached hydrogens (tertiary/aromatic N) is 2. The first-order valence-electron chi connectivity index (χ1n) is 5.77. The van der Waals surface area contributed by atoms with Gasteiger partial charge in [-0.3, -0.25) is 4.90 Å². The van der Waals surface area contributed by atoms with Crippen LogP contribution in [0.2, 0.25) is 0 Å².